The first kappa shape index (κ1) is 21.7. The van der Waals surface area contributed by atoms with E-state index in [0.717, 1.165) is 0 Å². The zero-order valence-electron chi connectivity index (χ0n) is 13.5. The molecule has 0 aliphatic heterocycles. The van der Waals surface area contributed by atoms with E-state index < -0.39 is 10.0 Å². The zero-order chi connectivity index (χ0) is 16.6. The summed E-state index contributed by atoms with van der Waals surface area (Å²) >= 11 is 0. The molecule has 0 aliphatic rings. The van der Waals surface area contributed by atoms with Crippen molar-refractivity contribution >= 4 is 40.0 Å². The molecule has 0 aliphatic carbocycles. The molecule has 1 aromatic carbocycles. The lowest BCUT2D eigenvalue weighted by atomic mass is 10.2. The molecule has 0 atom stereocenters. The highest BCUT2D eigenvalue weighted by Gasteiger charge is 2.20. The molecule has 6 nitrogen and oxygen atoms in total. The highest BCUT2D eigenvalue weighted by molar-refractivity contribution is 14.0. The molecule has 0 spiro atoms. The highest BCUT2D eigenvalue weighted by atomic mass is 127. The normalized spacial score (nSPS) is 11.5. The molecular formula is C15H23IN4O2S. The third-order valence-electron chi connectivity index (χ3n) is 2.84. The van der Waals surface area contributed by atoms with Crippen LogP contribution in [0.3, 0.4) is 0 Å². The van der Waals surface area contributed by atoms with Crippen LogP contribution in [0.5, 0.6) is 0 Å². The van der Waals surface area contributed by atoms with E-state index in [4.69, 9.17) is 6.42 Å². The third kappa shape index (κ3) is 6.37. The molecule has 1 aromatic rings. The maximum atomic E-state index is 12.3. The summed E-state index contributed by atoms with van der Waals surface area (Å²) in [6, 6.07) is 6.83. The Morgan fingerprint density at radius 2 is 1.96 bits per heavy atom. The molecule has 23 heavy (non-hydrogen) atoms. The van der Waals surface area contributed by atoms with Gasteiger partial charge in [0.05, 0.1) is 18.0 Å². The van der Waals surface area contributed by atoms with Crippen molar-refractivity contribution in [1.29, 1.82) is 0 Å². The van der Waals surface area contributed by atoms with E-state index in [0.29, 0.717) is 24.6 Å². The van der Waals surface area contributed by atoms with Gasteiger partial charge in [-0.05, 0) is 18.6 Å². The van der Waals surface area contributed by atoms with Gasteiger partial charge in [-0.25, -0.2) is 17.7 Å². The summed E-state index contributed by atoms with van der Waals surface area (Å²) in [4.78, 5) is 4.63. The molecule has 2 N–H and O–H groups in total. The molecule has 0 aromatic heterocycles. The van der Waals surface area contributed by atoms with Gasteiger partial charge >= 0.3 is 0 Å². The van der Waals surface area contributed by atoms with Gasteiger partial charge in [0, 0.05) is 20.6 Å². The van der Waals surface area contributed by atoms with Gasteiger partial charge < -0.3 is 10.6 Å². The molecule has 1 rings (SSSR count). The van der Waals surface area contributed by atoms with E-state index in [1.807, 2.05) is 6.92 Å². The Kier molecular flexibility index (Phi) is 9.87. The quantitative estimate of drug-likeness (QED) is 0.296. The molecule has 0 amide bonds. The summed E-state index contributed by atoms with van der Waals surface area (Å²) in [6.07, 6.45) is 5.21. The number of halogens is 1. The van der Waals surface area contributed by atoms with Crippen molar-refractivity contribution in [2.75, 3.05) is 27.2 Å². The van der Waals surface area contributed by atoms with E-state index >= 15 is 0 Å². The van der Waals surface area contributed by atoms with Crippen LogP contribution in [-0.4, -0.2) is 45.9 Å². The topological polar surface area (TPSA) is 73.8 Å². The molecule has 128 valence electrons. The van der Waals surface area contributed by atoms with Gasteiger partial charge in [-0.2, -0.15) is 0 Å². The van der Waals surface area contributed by atoms with E-state index in [9.17, 15) is 8.42 Å². The van der Waals surface area contributed by atoms with Crippen molar-refractivity contribution < 1.29 is 8.42 Å². The second-order valence-corrected chi connectivity index (χ2v) is 6.77. The van der Waals surface area contributed by atoms with Gasteiger partial charge in [-0.15, -0.1) is 30.4 Å². The van der Waals surface area contributed by atoms with Crippen LogP contribution in [0.2, 0.25) is 0 Å². The van der Waals surface area contributed by atoms with Crippen molar-refractivity contribution in [3.8, 4) is 12.3 Å². The second kappa shape index (κ2) is 10.5. The molecular weight excluding hydrogens is 427 g/mol. The van der Waals surface area contributed by atoms with Crippen LogP contribution >= 0.6 is 24.0 Å². The number of rotatable bonds is 6. The number of sulfonamides is 1. The van der Waals surface area contributed by atoms with Crippen LogP contribution in [0, 0.1) is 12.3 Å². The minimum Gasteiger partial charge on any atom is -0.357 e. The van der Waals surface area contributed by atoms with Gasteiger partial charge in [0.15, 0.2) is 5.96 Å². The summed E-state index contributed by atoms with van der Waals surface area (Å²) in [5, 5.41) is 6.02. The fourth-order valence-electron chi connectivity index (χ4n) is 1.72. The van der Waals surface area contributed by atoms with E-state index in [1.165, 1.54) is 18.4 Å². The first-order valence-electron chi connectivity index (χ1n) is 6.89. The second-order valence-electron chi connectivity index (χ2n) is 4.65. The van der Waals surface area contributed by atoms with Crippen LogP contribution in [0.4, 0.5) is 0 Å². The van der Waals surface area contributed by atoms with Crippen LogP contribution in [0.1, 0.15) is 12.5 Å². The van der Waals surface area contributed by atoms with Crippen LogP contribution < -0.4 is 10.6 Å². The van der Waals surface area contributed by atoms with Crippen molar-refractivity contribution in [3.63, 3.8) is 0 Å². The molecule has 0 fully saturated rings. The average molecular weight is 450 g/mol. The molecule has 0 bridgehead atoms. The van der Waals surface area contributed by atoms with Crippen LogP contribution in [-0.2, 0) is 16.6 Å². The summed E-state index contributed by atoms with van der Waals surface area (Å²) in [7, 11) is -0.478. The summed E-state index contributed by atoms with van der Waals surface area (Å²) in [6.45, 7) is 3.22. The SMILES string of the molecule is C#CCNC(=NCc1ccccc1S(=O)(=O)N(C)C)NCC.I. The van der Waals surface area contributed by atoms with E-state index in [1.54, 1.807) is 24.3 Å². The number of aliphatic imine (C=N–C) groups is 1. The van der Waals surface area contributed by atoms with E-state index in [2.05, 4.69) is 21.5 Å². The Hall–Kier alpha value is -1.31. The Morgan fingerprint density at radius 3 is 2.52 bits per heavy atom. The Labute approximate surface area is 155 Å². The first-order valence-corrected chi connectivity index (χ1v) is 8.33. The van der Waals surface area contributed by atoms with Gasteiger partial charge in [-0.1, -0.05) is 24.1 Å². The highest BCUT2D eigenvalue weighted by Crippen LogP contribution is 2.19. The van der Waals surface area contributed by atoms with Crippen molar-refractivity contribution in [1.82, 2.24) is 14.9 Å². The lowest BCUT2D eigenvalue weighted by Gasteiger charge is -2.15. The standard InChI is InChI=1S/C15H22N4O2S.HI/c1-5-11-17-15(16-6-2)18-12-13-9-7-8-10-14(13)22(20,21)19(3)4;/h1,7-10H,6,11-12H2,2-4H3,(H2,16,17,18);1H. The summed E-state index contributed by atoms with van der Waals surface area (Å²) in [5.41, 5.74) is 0.633. The van der Waals surface area contributed by atoms with Crippen molar-refractivity contribution in [3.05, 3.63) is 29.8 Å². The molecule has 0 saturated carbocycles. The predicted octanol–water partition coefficient (Wildman–Crippen LogP) is 1.24. The molecule has 8 heteroatoms. The minimum absolute atomic E-state index is 0. The number of nitrogens with one attached hydrogen (secondary N) is 2. The largest absolute Gasteiger partial charge is 0.357 e. The number of benzene rings is 1. The van der Waals surface area contributed by atoms with Crippen molar-refractivity contribution in [2.45, 2.75) is 18.4 Å². The van der Waals surface area contributed by atoms with Gasteiger partial charge in [0.1, 0.15) is 0 Å². The monoisotopic (exact) mass is 450 g/mol. The lowest BCUT2D eigenvalue weighted by Crippen LogP contribution is -2.37. The number of nitrogens with zero attached hydrogens (tertiary/aromatic N) is 2. The third-order valence-corrected chi connectivity index (χ3v) is 4.76. The Balaban J connectivity index is 0.00000484. The van der Waals surface area contributed by atoms with Crippen molar-refractivity contribution in [2.24, 2.45) is 4.99 Å². The minimum atomic E-state index is -3.49. The first-order chi connectivity index (χ1) is 10.4. The number of terminal acetylenes is 1. The van der Waals surface area contributed by atoms with E-state index in [-0.39, 0.29) is 35.4 Å². The maximum Gasteiger partial charge on any atom is 0.242 e. The number of guanidine groups is 1. The summed E-state index contributed by atoms with van der Waals surface area (Å²) in [5.74, 6) is 3.02. The maximum absolute atomic E-state index is 12.3. The zero-order valence-corrected chi connectivity index (χ0v) is 16.7. The van der Waals surface area contributed by atoms with Gasteiger partial charge in [0.25, 0.3) is 0 Å². The molecule has 0 unspecified atom stereocenters. The lowest BCUT2D eigenvalue weighted by molar-refractivity contribution is 0.519. The number of hydrogen-bond donors (Lipinski definition) is 2. The fourth-order valence-corrected chi connectivity index (χ4v) is 2.83. The van der Waals surface area contributed by atoms with Crippen LogP contribution in [0.15, 0.2) is 34.2 Å². The Morgan fingerprint density at radius 1 is 1.30 bits per heavy atom. The average Bonchev–Trinajstić information content (AvgIpc) is 2.50. The fraction of sp³-hybridized carbons (Fsp3) is 0.400. The van der Waals surface area contributed by atoms with Gasteiger partial charge in [-0.3, -0.25) is 0 Å². The smallest absolute Gasteiger partial charge is 0.242 e. The molecule has 0 radical (unpaired) electrons. The number of hydrogen-bond acceptors (Lipinski definition) is 3. The molecule has 0 heterocycles. The van der Waals surface area contributed by atoms with Gasteiger partial charge in [0.2, 0.25) is 10.0 Å². The predicted molar refractivity (Wildman–Crippen MR) is 104 cm³/mol. The Bertz CT molecular complexity index is 666. The van der Waals surface area contributed by atoms with Crippen LogP contribution in [0.25, 0.3) is 0 Å². The summed E-state index contributed by atoms with van der Waals surface area (Å²) < 4.78 is 25.8. The molecule has 0 saturated heterocycles.